The number of ether oxygens (including phenoxy) is 3. The van der Waals surface area contributed by atoms with Gasteiger partial charge in [-0.25, -0.2) is 9.59 Å². The summed E-state index contributed by atoms with van der Waals surface area (Å²) in [7, 11) is 1.37. The molecule has 1 saturated heterocycles. The summed E-state index contributed by atoms with van der Waals surface area (Å²) >= 11 is 0. The summed E-state index contributed by atoms with van der Waals surface area (Å²) in [6.45, 7) is 0.687. The molecule has 1 aliphatic carbocycles. The van der Waals surface area contributed by atoms with Crippen molar-refractivity contribution in [3.05, 3.63) is 59.7 Å². The molecule has 1 heterocycles. The summed E-state index contributed by atoms with van der Waals surface area (Å²) in [6, 6.07) is 15.0. The van der Waals surface area contributed by atoms with Gasteiger partial charge in [0.15, 0.2) is 6.04 Å². The van der Waals surface area contributed by atoms with Gasteiger partial charge in [0, 0.05) is 32.8 Å². The standard InChI is InChI=1S/C26H30N2O7/c1-33-15-22(23(29)30)28-24(31)26(10-12-34-13-11-26)16-27-25(32)35-14-21-19-8-4-2-6-17(19)18-7-3-5-9-20(18)21/h2-9,21-22H,10-16H2,1H3,(H,27,32)(H,28,31)(H,29,30)/t22-/m0/s1. The molecule has 9 nitrogen and oxygen atoms in total. The number of nitrogens with one attached hydrogen (secondary N) is 2. The topological polar surface area (TPSA) is 123 Å². The minimum absolute atomic E-state index is 0.0121. The molecule has 2 aromatic carbocycles. The number of rotatable bonds is 9. The first-order valence-corrected chi connectivity index (χ1v) is 11.6. The van der Waals surface area contributed by atoms with Crippen LogP contribution in [0.3, 0.4) is 0 Å². The first-order valence-electron chi connectivity index (χ1n) is 11.6. The van der Waals surface area contributed by atoms with E-state index < -0.39 is 29.4 Å². The number of aliphatic carboxylic acids is 1. The molecule has 0 aromatic heterocycles. The Balaban J connectivity index is 1.39. The molecule has 0 bridgehead atoms. The number of benzene rings is 2. The van der Waals surface area contributed by atoms with E-state index in [-0.39, 0.29) is 25.7 Å². The highest BCUT2D eigenvalue weighted by atomic mass is 16.5. The van der Waals surface area contributed by atoms with Crippen LogP contribution in [0.15, 0.2) is 48.5 Å². The molecule has 1 fully saturated rings. The molecule has 35 heavy (non-hydrogen) atoms. The van der Waals surface area contributed by atoms with E-state index in [2.05, 4.69) is 22.8 Å². The minimum atomic E-state index is -1.19. The quantitative estimate of drug-likeness (QED) is 0.502. The number of alkyl carbamates (subject to hydrolysis) is 1. The lowest BCUT2D eigenvalue weighted by molar-refractivity contribution is -0.147. The number of carbonyl (C=O) groups is 3. The number of amides is 2. The average molecular weight is 483 g/mol. The van der Waals surface area contributed by atoms with Gasteiger partial charge in [-0.3, -0.25) is 4.79 Å². The predicted octanol–water partition coefficient (Wildman–Crippen LogP) is 2.54. The van der Waals surface area contributed by atoms with Gasteiger partial charge in [-0.15, -0.1) is 0 Å². The third kappa shape index (κ3) is 5.31. The van der Waals surface area contributed by atoms with E-state index in [9.17, 15) is 19.5 Å². The molecule has 2 amide bonds. The van der Waals surface area contributed by atoms with Gasteiger partial charge in [0.05, 0.1) is 12.0 Å². The van der Waals surface area contributed by atoms with Crippen LogP contribution in [0.2, 0.25) is 0 Å². The van der Waals surface area contributed by atoms with Crippen LogP contribution in [0.1, 0.15) is 29.9 Å². The Morgan fingerprint density at radius 2 is 1.66 bits per heavy atom. The zero-order valence-electron chi connectivity index (χ0n) is 19.6. The molecule has 0 saturated carbocycles. The molecular formula is C26H30N2O7. The number of hydrogen-bond acceptors (Lipinski definition) is 6. The molecule has 4 rings (SSSR count). The average Bonchev–Trinajstić information content (AvgIpc) is 3.20. The van der Waals surface area contributed by atoms with Crippen molar-refractivity contribution >= 4 is 18.0 Å². The molecule has 9 heteroatoms. The van der Waals surface area contributed by atoms with Crippen molar-refractivity contribution in [1.29, 1.82) is 0 Å². The summed E-state index contributed by atoms with van der Waals surface area (Å²) in [5.41, 5.74) is 3.50. The van der Waals surface area contributed by atoms with Crippen molar-refractivity contribution in [2.24, 2.45) is 5.41 Å². The number of carboxylic acids is 1. The van der Waals surface area contributed by atoms with E-state index in [1.54, 1.807) is 0 Å². The zero-order valence-corrected chi connectivity index (χ0v) is 19.6. The van der Waals surface area contributed by atoms with E-state index >= 15 is 0 Å². The zero-order chi connectivity index (χ0) is 24.8. The molecule has 1 aliphatic heterocycles. The first kappa shape index (κ1) is 24.7. The van der Waals surface area contributed by atoms with E-state index in [0.29, 0.717) is 26.1 Å². The van der Waals surface area contributed by atoms with Gasteiger partial charge in [0.25, 0.3) is 0 Å². The highest BCUT2D eigenvalue weighted by Gasteiger charge is 2.42. The van der Waals surface area contributed by atoms with Gasteiger partial charge in [0.2, 0.25) is 5.91 Å². The van der Waals surface area contributed by atoms with Gasteiger partial charge in [0.1, 0.15) is 6.61 Å². The number of hydrogen-bond donors (Lipinski definition) is 3. The van der Waals surface area contributed by atoms with E-state index in [4.69, 9.17) is 14.2 Å². The maximum atomic E-state index is 13.1. The number of carboxylic acid groups (broad SMARTS) is 1. The highest BCUT2D eigenvalue weighted by Crippen LogP contribution is 2.44. The molecule has 0 unspecified atom stereocenters. The normalized spacial score (nSPS) is 17.1. The second-order valence-electron chi connectivity index (χ2n) is 8.89. The van der Waals surface area contributed by atoms with Crippen molar-refractivity contribution < 1.29 is 33.7 Å². The van der Waals surface area contributed by atoms with Crippen molar-refractivity contribution in [3.8, 4) is 11.1 Å². The summed E-state index contributed by atoms with van der Waals surface area (Å²) < 4.78 is 15.9. The monoisotopic (exact) mass is 482 g/mol. The fourth-order valence-electron chi connectivity index (χ4n) is 4.79. The Bertz CT molecular complexity index is 1040. The van der Waals surface area contributed by atoms with Crippen LogP contribution in [0.25, 0.3) is 11.1 Å². The van der Waals surface area contributed by atoms with E-state index in [0.717, 1.165) is 22.3 Å². The summed E-state index contributed by atoms with van der Waals surface area (Å²) in [5.74, 6) is -1.71. The van der Waals surface area contributed by atoms with Crippen molar-refractivity contribution in [1.82, 2.24) is 10.6 Å². The molecule has 0 spiro atoms. The largest absolute Gasteiger partial charge is 0.480 e. The minimum Gasteiger partial charge on any atom is -0.480 e. The van der Waals surface area contributed by atoms with Crippen LogP contribution in [0.4, 0.5) is 4.79 Å². The second kappa shape index (κ2) is 10.9. The van der Waals surface area contributed by atoms with E-state index in [1.165, 1.54) is 7.11 Å². The van der Waals surface area contributed by atoms with Gasteiger partial charge >= 0.3 is 12.1 Å². The molecule has 1 atom stereocenters. The van der Waals surface area contributed by atoms with Crippen LogP contribution < -0.4 is 10.6 Å². The Labute approximate surface area is 203 Å². The third-order valence-electron chi connectivity index (χ3n) is 6.78. The van der Waals surface area contributed by atoms with Crippen LogP contribution >= 0.6 is 0 Å². The lowest BCUT2D eigenvalue weighted by Crippen LogP contribution is -2.55. The van der Waals surface area contributed by atoms with Crippen molar-refractivity contribution in [2.75, 3.05) is 40.1 Å². The molecule has 186 valence electrons. The van der Waals surface area contributed by atoms with Gasteiger partial charge in [-0.05, 0) is 35.1 Å². The molecule has 2 aromatic rings. The Morgan fingerprint density at radius 3 is 2.23 bits per heavy atom. The number of fused-ring (bicyclic) bond motifs is 3. The summed E-state index contributed by atoms with van der Waals surface area (Å²) in [6.07, 6.45) is 0.0704. The van der Waals surface area contributed by atoms with Crippen molar-refractivity contribution in [2.45, 2.75) is 24.8 Å². The fourth-order valence-corrected chi connectivity index (χ4v) is 4.79. The SMILES string of the molecule is COC[C@H](NC(=O)C1(CNC(=O)OCC2c3ccccc3-c3ccccc32)CCOCC1)C(=O)O. The second-order valence-corrected chi connectivity index (χ2v) is 8.89. The maximum Gasteiger partial charge on any atom is 0.407 e. The molecule has 0 radical (unpaired) electrons. The third-order valence-corrected chi connectivity index (χ3v) is 6.78. The van der Waals surface area contributed by atoms with Crippen LogP contribution in [0, 0.1) is 5.41 Å². The summed E-state index contributed by atoms with van der Waals surface area (Å²) in [5, 5.41) is 14.6. The Kier molecular flexibility index (Phi) is 7.67. The number of methoxy groups -OCH3 is 1. The molecule has 3 N–H and O–H groups in total. The lowest BCUT2D eigenvalue weighted by atomic mass is 9.79. The van der Waals surface area contributed by atoms with Crippen LogP contribution in [-0.2, 0) is 23.8 Å². The van der Waals surface area contributed by atoms with Gasteiger partial charge in [-0.1, -0.05) is 48.5 Å². The van der Waals surface area contributed by atoms with Gasteiger partial charge in [-0.2, -0.15) is 0 Å². The Morgan fingerprint density at radius 1 is 1.06 bits per heavy atom. The highest BCUT2D eigenvalue weighted by molar-refractivity contribution is 5.88. The smallest absolute Gasteiger partial charge is 0.407 e. The molecule has 2 aliphatic rings. The molecular weight excluding hydrogens is 452 g/mol. The van der Waals surface area contributed by atoms with Gasteiger partial charge < -0.3 is 30.0 Å². The lowest BCUT2D eigenvalue weighted by Gasteiger charge is -2.36. The first-order chi connectivity index (χ1) is 16.9. The van der Waals surface area contributed by atoms with E-state index in [1.807, 2.05) is 36.4 Å². The maximum absolute atomic E-state index is 13.1. The summed E-state index contributed by atoms with van der Waals surface area (Å²) in [4.78, 5) is 37.2. The Hall–Kier alpha value is -3.43. The van der Waals surface area contributed by atoms with Crippen LogP contribution in [0.5, 0.6) is 0 Å². The van der Waals surface area contributed by atoms with Crippen molar-refractivity contribution in [3.63, 3.8) is 0 Å². The van der Waals surface area contributed by atoms with Crippen LogP contribution in [-0.4, -0.2) is 69.2 Å². The predicted molar refractivity (Wildman–Crippen MR) is 127 cm³/mol. The fraction of sp³-hybridized carbons (Fsp3) is 0.423. The number of carbonyl (C=O) groups excluding carboxylic acids is 2.